The molecule has 4 N–H and O–H groups in total. The first-order chi connectivity index (χ1) is 18.3. The molecule has 2 aromatic carbocycles. The third-order valence-electron chi connectivity index (χ3n) is 5.37. The van der Waals surface area contributed by atoms with Crippen molar-refractivity contribution in [3.05, 3.63) is 63.3 Å². The maximum atomic E-state index is 12.4. The Bertz CT molecular complexity index is 1220. The number of methoxy groups -OCH3 is 1. The third-order valence-corrected chi connectivity index (χ3v) is 5.98. The van der Waals surface area contributed by atoms with Crippen molar-refractivity contribution in [2.24, 2.45) is 5.10 Å². The van der Waals surface area contributed by atoms with Crippen LogP contribution in [0.1, 0.15) is 37.9 Å². The average molecular weight is 591 g/mol. The molecule has 1 aliphatic rings. The Kier molecular flexibility index (Phi) is 10.4. The van der Waals surface area contributed by atoms with Gasteiger partial charge in [0.1, 0.15) is 12.4 Å². The van der Waals surface area contributed by atoms with Gasteiger partial charge in [0.25, 0.3) is 0 Å². The summed E-state index contributed by atoms with van der Waals surface area (Å²) in [7, 11) is 1.28. The molecule has 0 saturated carbocycles. The normalized spacial score (nSPS) is 15.9. The lowest BCUT2D eigenvalue weighted by Crippen LogP contribution is -2.45. The molecule has 0 unspecified atom stereocenters. The molecule has 0 radical (unpaired) electrons. The molecule has 1 heterocycles. The lowest BCUT2D eigenvalue weighted by molar-refractivity contribution is -0.136. The van der Waals surface area contributed by atoms with Gasteiger partial charge in [-0.15, -0.1) is 0 Å². The highest BCUT2D eigenvalue weighted by molar-refractivity contribution is 9.10. The summed E-state index contributed by atoms with van der Waals surface area (Å²) in [6.07, 6.45) is 0.456. The van der Waals surface area contributed by atoms with Gasteiger partial charge >= 0.3 is 12.0 Å². The first-order valence-electron chi connectivity index (χ1n) is 11.9. The monoisotopic (exact) mass is 590 g/mol. The van der Waals surface area contributed by atoms with Gasteiger partial charge in [-0.25, -0.2) is 9.59 Å². The van der Waals surface area contributed by atoms with Crippen molar-refractivity contribution in [1.29, 1.82) is 0 Å². The van der Waals surface area contributed by atoms with Gasteiger partial charge in [-0.2, -0.15) is 5.10 Å². The number of halogens is 1. The van der Waals surface area contributed by atoms with Gasteiger partial charge in [-0.05, 0) is 78.2 Å². The summed E-state index contributed by atoms with van der Waals surface area (Å²) in [5, 5.41) is 19.7. The standard InChI is InChI=1S/C26H31BrN4O7/c1-5-36-19-9-7-16(11-18(19)27)13-28-31-22(32)14-38-20-10-8-17(12-21(20)37-6-2)24-23(25(33)35-4)15(3)29-26(34)30-24/h7-13,22,24,31-32H,5-6,14H2,1-4H3,(H2,29,30,34)/b28-13-/t22-,24-/m0/s1. The Labute approximate surface area is 229 Å². The fourth-order valence-corrected chi connectivity index (χ4v) is 4.20. The number of hydrazone groups is 1. The lowest BCUT2D eigenvalue weighted by Gasteiger charge is -2.28. The van der Waals surface area contributed by atoms with Gasteiger partial charge in [-0.3, -0.25) is 5.43 Å². The minimum absolute atomic E-state index is 0.125. The summed E-state index contributed by atoms with van der Waals surface area (Å²) in [5.74, 6) is 0.925. The van der Waals surface area contributed by atoms with Crippen molar-refractivity contribution in [3.8, 4) is 17.2 Å². The Morgan fingerprint density at radius 3 is 2.53 bits per heavy atom. The number of carbonyl (C=O) groups is 2. The number of hydrogen-bond acceptors (Lipinski definition) is 9. The van der Waals surface area contributed by atoms with Crippen LogP contribution >= 0.6 is 15.9 Å². The van der Waals surface area contributed by atoms with Crippen LogP contribution in [0.25, 0.3) is 0 Å². The van der Waals surface area contributed by atoms with E-state index in [0.29, 0.717) is 36.0 Å². The Hall–Kier alpha value is -3.77. The van der Waals surface area contributed by atoms with E-state index < -0.39 is 24.3 Å². The highest BCUT2D eigenvalue weighted by Gasteiger charge is 2.32. The molecule has 0 spiro atoms. The SMILES string of the molecule is CCOc1ccc(/C=N\N[C@@H](O)COc2ccc([C@@H]3NC(=O)NC(C)=C3C(=O)OC)cc2OCC)cc1Br. The molecular formula is C26H31BrN4O7. The van der Waals surface area contributed by atoms with Crippen LogP contribution in [0.3, 0.4) is 0 Å². The van der Waals surface area contributed by atoms with Crippen molar-refractivity contribution in [2.45, 2.75) is 33.0 Å². The van der Waals surface area contributed by atoms with Crippen LogP contribution in [0, 0.1) is 0 Å². The zero-order valence-corrected chi connectivity index (χ0v) is 23.1. The van der Waals surface area contributed by atoms with E-state index in [1.807, 2.05) is 32.0 Å². The number of amides is 2. The highest BCUT2D eigenvalue weighted by Crippen LogP contribution is 2.35. The van der Waals surface area contributed by atoms with Gasteiger partial charge in [0.05, 0.1) is 42.6 Å². The number of nitrogens with zero attached hydrogens (tertiary/aromatic N) is 1. The van der Waals surface area contributed by atoms with E-state index in [1.165, 1.54) is 7.11 Å². The fraction of sp³-hybridized carbons (Fsp3) is 0.346. The van der Waals surface area contributed by atoms with Crippen molar-refractivity contribution in [2.75, 3.05) is 26.9 Å². The van der Waals surface area contributed by atoms with Crippen LogP contribution in [0.15, 0.2) is 57.2 Å². The Morgan fingerprint density at radius 2 is 1.84 bits per heavy atom. The molecule has 1 aliphatic heterocycles. The van der Waals surface area contributed by atoms with Gasteiger partial charge in [0, 0.05) is 5.70 Å². The van der Waals surface area contributed by atoms with Crippen LogP contribution < -0.4 is 30.3 Å². The van der Waals surface area contributed by atoms with Crippen molar-refractivity contribution >= 4 is 34.1 Å². The van der Waals surface area contributed by atoms with Gasteiger partial charge < -0.3 is 34.7 Å². The molecule has 0 bridgehead atoms. The van der Waals surface area contributed by atoms with E-state index in [9.17, 15) is 14.7 Å². The number of urea groups is 1. The molecule has 0 saturated heterocycles. The number of benzene rings is 2. The maximum Gasteiger partial charge on any atom is 0.337 e. The molecule has 38 heavy (non-hydrogen) atoms. The predicted molar refractivity (Wildman–Crippen MR) is 144 cm³/mol. The molecule has 2 aromatic rings. The van der Waals surface area contributed by atoms with Gasteiger partial charge in [-0.1, -0.05) is 6.07 Å². The smallest absolute Gasteiger partial charge is 0.337 e. The van der Waals surface area contributed by atoms with Crippen molar-refractivity contribution in [1.82, 2.24) is 16.1 Å². The molecule has 0 fully saturated rings. The van der Waals surface area contributed by atoms with E-state index in [-0.39, 0.29) is 12.2 Å². The Balaban J connectivity index is 1.67. The van der Waals surface area contributed by atoms with Gasteiger partial charge in [0.2, 0.25) is 0 Å². The van der Waals surface area contributed by atoms with Crippen LogP contribution in [-0.2, 0) is 9.53 Å². The second-order valence-electron chi connectivity index (χ2n) is 8.04. The summed E-state index contributed by atoms with van der Waals surface area (Å²) < 4.78 is 22.7. The van der Waals surface area contributed by atoms with Gasteiger partial charge in [0.15, 0.2) is 17.7 Å². The summed E-state index contributed by atoms with van der Waals surface area (Å²) in [6, 6.07) is 9.35. The highest BCUT2D eigenvalue weighted by atomic mass is 79.9. The first-order valence-corrected chi connectivity index (χ1v) is 12.7. The number of rotatable bonds is 12. The topological polar surface area (TPSA) is 140 Å². The van der Waals surface area contributed by atoms with Crippen LogP contribution in [0.4, 0.5) is 4.79 Å². The molecule has 11 nitrogen and oxygen atoms in total. The second-order valence-corrected chi connectivity index (χ2v) is 8.89. The number of ether oxygens (including phenoxy) is 4. The number of nitrogens with one attached hydrogen (secondary N) is 3. The molecule has 0 aromatic heterocycles. The number of esters is 1. The quantitative estimate of drug-likeness (QED) is 0.128. The Morgan fingerprint density at radius 1 is 1.13 bits per heavy atom. The second kappa shape index (κ2) is 13.7. The van der Waals surface area contributed by atoms with Crippen LogP contribution in [-0.4, -0.2) is 56.5 Å². The molecular weight excluding hydrogens is 560 g/mol. The van der Waals surface area contributed by atoms with E-state index in [2.05, 4.69) is 37.1 Å². The summed E-state index contributed by atoms with van der Waals surface area (Å²) in [5.41, 5.74) is 4.69. The van der Waals surface area contributed by atoms with Crippen molar-refractivity contribution < 1.29 is 33.6 Å². The lowest BCUT2D eigenvalue weighted by atomic mass is 9.95. The number of carbonyl (C=O) groups excluding carboxylic acids is 2. The van der Waals surface area contributed by atoms with Crippen LogP contribution in [0.5, 0.6) is 17.2 Å². The van der Waals surface area contributed by atoms with Crippen molar-refractivity contribution in [3.63, 3.8) is 0 Å². The summed E-state index contributed by atoms with van der Waals surface area (Å²) in [4.78, 5) is 24.5. The summed E-state index contributed by atoms with van der Waals surface area (Å²) >= 11 is 3.45. The molecule has 0 aliphatic carbocycles. The molecule has 12 heteroatoms. The predicted octanol–water partition coefficient (Wildman–Crippen LogP) is 3.37. The number of allylic oxidation sites excluding steroid dienone is 1. The number of hydrogen-bond donors (Lipinski definition) is 4. The minimum atomic E-state index is -1.10. The summed E-state index contributed by atoms with van der Waals surface area (Å²) in [6.45, 7) is 6.14. The first kappa shape index (κ1) is 28.8. The third kappa shape index (κ3) is 7.39. The maximum absolute atomic E-state index is 12.4. The average Bonchev–Trinajstić information content (AvgIpc) is 2.89. The van der Waals surface area contributed by atoms with E-state index in [4.69, 9.17) is 18.9 Å². The minimum Gasteiger partial charge on any atom is -0.493 e. The van der Waals surface area contributed by atoms with E-state index >= 15 is 0 Å². The fourth-order valence-electron chi connectivity index (χ4n) is 3.69. The molecule has 2 amide bonds. The zero-order valence-electron chi connectivity index (χ0n) is 21.5. The molecule has 2 atom stereocenters. The molecule has 204 valence electrons. The number of aliphatic hydroxyl groups is 1. The van der Waals surface area contributed by atoms with E-state index in [1.54, 1.807) is 31.3 Å². The zero-order chi connectivity index (χ0) is 27.7. The number of aliphatic hydroxyl groups excluding tert-OH is 1. The largest absolute Gasteiger partial charge is 0.493 e. The van der Waals surface area contributed by atoms with E-state index in [0.717, 1.165) is 15.8 Å². The van der Waals surface area contributed by atoms with Crippen LogP contribution in [0.2, 0.25) is 0 Å². The molecule has 3 rings (SSSR count).